The van der Waals surface area contributed by atoms with Gasteiger partial charge in [0.1, 0.15) is 0 Å². The monoisotopic (exact) mass is 159 g/mol. The van der Waals surface area contributed by atoms with Gasteiger partial charge in [0, 0.05) is 7.11 Å². The van der Waals surface area contributed by atoms with E-state index in [2.05, 4.69) is 0 Å². The summed E-state index contributed by atoms with van der Waals surface area (Å²) >= 11 is 0. The van der Waals surface area contributed by atoms with Gasteiger partial charge in [-0.15, -0.1) is 0 Å². The quantitative estimate of drug-likeness (QED) is 0.612. The maximum atomic E-state index is 9.45. The SMILES string of the molecule is COC1CC(C(O)CCN)C1. The van der Waals surface area contributed by atoms with Gasteiger partial charge < -0.3 is 15.6 Å². The van der Waals surface area contributed by atoms with E-state index in [1.165, 1.54) is 0 Å². The molecule has 0 bridgehead atoms. The Labute approximate surface area is 67.5 Å². The summed E-state index contributed by atoms with van der Waals surface area (Å²) in [5.41, 5.74) is 5.32. The van der Waals surface area contributed by atoms with Crippen molar-refractivity contribution >= 4 is 0 Å². The van der Waals surface area contributed by atoms with E-state index < -0.39 is 0 Å². The van der Waals surface area contributed by atoms with Gasteiger partial charge in [-0.1, -0.05) is 0 Å². The average Bonchev–Trinajstić information content (AvgIpc) is 1.86. The Bertz CT molecular complexity index is 113. The van der Waals surface area contributed by atoms with Crippen LogP contribution in [0.4, 0.5) is 0 Å². The largest absolute Gasteiger partial charge is 0.393 e. The number of ether oxygens (including phenoxy) is 1. The van der Waals surface area contributed by atoms with Crippen molar-refractivity contribution in [3.05, 3.63) is 0 Å². The topological polar surface area (TPSA) is 55.5 Å². The van der Waals surface area contributed by atoms with E-state index in [9.17, 15) is 5.11 Å². The van der Waals surface area contributed by atoms with E-state index in [1.54, 1.807) is 7.11 Å². The van der Waals surface area contributed by atoms with Gasteiger partial charge in [-0.3, -0.25) is 0 Å². The Hall–Kier alpha value is -0.120. The fourth-order valence-electron chi connectivity index (χ4n) is 1.52. The number of methoxy groups -OCH3 is 1. The molecule has 3 nitrogen and oxygen atoms in total. The summed E-state index contributed by atoms with van der Waals surface area (Å²) in [5.74, 6) is 0.434. The van der Waals surface area contributed by atoms with Crippen LogP contribution < -0.4 is 5.73 Å². The molecule has 0 amide bonds. The van der Waals surface area contributed by atoms with Gasteiger partial charge in [0.15, 0.2) is 0 Å². The zero-order valence-electron chi connectivity index (χ0n) is 6.99. The second-order valence-electron chi connectivity index (χ2n) is 3.23. The molecule has 1 fully saturated rings. The van der Waals surface area contributed by atoms with Crippen LogP contribution in [0.25, 0.3) is 0 Å². The third-order valence-corrected chi connectivity index (χ3v) is 2.47. The standard InChI is InChI=1S/C8H17NO2/c1-11-7-4-6(5-7)8(10)2-3-9/h6-8,10H,2-5,9H2,1H3. The summed E-state index contributed by atoms with van der Waals surface area (Å²) in [6, 6.07) is 0. The van der Waals surface area contributed by atoms with Crippen molar-refractivity contribution in [1.29, 1.82) is 0 Å². The highest BCUT2D eigenvalue weighted by molar-refractivity contribution is 4.84. The molecular weight excluding hydrogens is 142 g/mol. The van der Waals surface area contributed by atoms with Gasteiger partial charge in [0.25, 0.3) is 0 Å². The second-order valence-corrected chi connectivity index (χ2v) is 3.23. The Balaban J connectivity index is 2.10. The average molecular weight is 159 g/mol. The van der Waals surface area contributed by atoms with E-state index in [-0.39, 0.29) is 6.10 Å². The molecular formula is C8H17NO2. The first kappa shape index (κ1) is 8.97. The number of rotatable bonds is 4. The molecule has 1 aliphatic rings. The molecule has 1 rings (SSSR count). The summed E-state index contributed by atoms with van der Waals surface area (Å²) in [6.07, 6.45) is 2.90. The van der Waals surface area contributed by atoms with Crippen LogP contribution in [0.3, 0.4) is 0 Å². The zero-order valence-corrected chi connectivity index (χ0v) is 6.99. The van der Waals surface area contributed by atoms with Crippen molar-refractivity contribution in [2.45, 2.75) is 31.5 Å². The lowest BCUT2D eigenvalue weighted by Crippen LogP contribution is -2.38. The van der Waals surface area contributed by atoms with Gasteiger partial charge in [-0.05, 0) is 31.7 Å². The van der Waals surface area contributed by atoms with Crippen LogP contribution in [0, 0.1) is 5.92 Å². The first-order chi connectivity index (χ1) is 5.27. The highest BCUT2D eigenvalue weighted by Crippen LogP contribution is 2.33. The Morgan fingerprint density at radius 3 is 2.73 bits per heavy atom. The Kier molecular flexibility index (Phi) is 3.30. The lowest BCUT2D eigenvalue weighted by Gasteiger charge is -2.37. The fraction of sp³-hybridized carbons (Fsp3) is 1.00. The third kappa shape index (κ3) is 2.15. The lowest BCUT2D eigenvalue weighted by molar-refractivity contribution is -0.0513. The van der Waals surface area contributed by atoms with Gasteiger partial charge in [-0.2, -0.15) is 0 Å². The third-order valence-electron chi connectivity index (χ3n) is 2.47. The first-order valence-electron chi connectivity index (χ1n) is 4.18. The minimum Gasteiger partial charge on any atom is -0.393 e. The number of nitrogens with two attached hydrogens (primary N) is 1. The van der Waals surface area contributed by atoms with E-state index in [1.807, 2.05) is 0 Å². The molecule has 1 unspecified atom stereocenters. The number of aliphatic hydroxyl groups excluding tert-OH is 1. The highest BCUT2D eigenvalue weighted by atomic mass is 16.5. The minimum atomic E-state index is -0.202. The summed E-state index contributed by atoms with van der Waals surface area (Å²) in [7, 11) is 1.72. The van der Waals surface area contributed by atoms with Crippen LogP contribution in [0.2, 0.25) is 0 Å². The summed E-state index contributed by atoms with van der Waals surface area (Å²) < 4.78 is 5.10. The van der Waals surface area contributed by atoms with Crippen LogP contribution >= 0.6 is 0 Å². The van der Waals surface area contributed by atoms with Gasteiger partial charge in [0.05, 0.1) is 12.2 Å². The highest BCUT2D eigenvalue weighted by Gasteiger charge is 2.33. The zero-order chi connectivity index (χ0) is 8.27. The molecule has 1 aliphatic carbocycles. The van der Waals surface area contributed by atoms with Crippen molar-refractivity contribution in [3.8, 4) is 0 Å². The van der Waals surface area contributed by atoms with Crippen LogP contribution in [-0.4, -0.2) is 31.0 Å². The predicted octanol–water partition coefficient (Wildman–Crippen LogP) is 0.121. The Morgan fingerprint density at radius 2 is 2.27 bits per heavy atom. The van der Waals surface area contributed by atoms with E-state index >= 15 is 0 Å². The van der Waals surface area contributed by atoms with E-state index in [4.69, 9.17) is 10.5 Å². The molecule has 66 valence electrons. The molecule has 0 heterocycles. The molecule has 0 aromatic heterocycles. The molecule has 11 heavy (non-hydrogen) atoms. The summed E-state index contributed by atoms with van der Waals surface area (Å²) in [4.78, 5) is 0. The predicted molar refractivity (Wildman–Crippen MR) is 43.2 cm³/mol. The van der Waals surface area contributed by atoms with Gasteiger partial charge in [0.2, 0.25) is 0 Å². The van der Waals surface area contributed by atoms with Crippen molar-refractivity contribution in [2.75, 3.05) is 13.7 Å². The van der Waals surface area contributed by atoms with Crippen LogP contribution in [0.1, 0.15) is 19.3 Å². The molecule has 0 aliphatic heterocycles. The number of hydrogen-bond donors (Lipinski definition) is 2. The van der Waals surface area contributed by atoms with Crippen LogP contribution in [0.15, 0.2) is 0 Å². The summed E-state index contributed by atoms with van der Waals surface area (Å²) in [5, 5.41) is 9.45. The van der Waals surface area contributed by atoms with Gasteiger partial charge in [-0.25, -0.2) is 0 Å². The van der Waals surface area contributed by atoms with E-state index in [0.29, 0.717) is 18.6 Å². The first-order valence-corrected chi connectivity index (χ1v) is 4.18. The van der Waals surface area contributed by atoms with Crippen molar-refractivity contribution in [2.24, 2.45) is 11.7 Å². The molecule has 3 N–H and O–H groups in total. The molecule has 1 atom stereocenters. The van der Waals surface area contributed by atoms with Gasteiger partial charge >= 0.3 is 0 Å². The van der Waals surface area contributed by atoms with Crippen molar-refractivity contribution in [1.82, 2.24) is 0 Å². The molecule has 0 spiro atoms. The molecule has 0 radical (unpaired) electrons. The van der Waals surface area contributed by atoms with Crippen molar-refractivity contribution < 1.29 is 9.84 Å². The maximum absolute atomic E-state index is 9.45. The van der Waals surface area contributed by atoms with E-state index in [0.717, 1.165) is 19.3 Å². The molecule has 3 heteroatoms. The minimum absolute atomic E-state index is 0.202. The molecule has 0 saturated heterocycles. The molecule has 1 saturated carbocycles. The summed E-state index contributed by atoms with van der Waals surface area (Å²) in [6.45, 7) is 0.579. The Morgan fingerprint density at radius 1 is 1.64 bits per heavy atom. The fourth-order valence-corrected chi connectivity index (χ4v) is 1.52. The lowest BCUT2D eigenvalue weighted by atomic mass is 9.77. The molecule has 0 aromatic rings. The maximum Gasteiger partial charge on any atom is 0.0582 e. The smallest absolute Gasteiger partial charge is 0.0582 e. The number of aliphatic hydroxyl groups is 1. The second kappa shape index (κ2) is 4.04. The van der Waals surface area contributed by atoms with Crippen LogP contribution in [-0.2, 0) is 4.74 Å². The molecule has 0 aromatic carbocycles. The van der Waals surface area contributed by atoms with Crippen LogP contribution in [0.5, 0.6) is 0 Å². The van der Waals surface area contributed by atoms with Crippen molar-refractivity contribution in [3.63, 3.8) is 0 Å². The number of hydrogen-bond acceptors (Lipinski definition) is 3. The normalized spacial score (nSPS) is 33.0.